The second-order valence-electron chi connectivity index (χ2n) is 5.03. The van der Waals surface area contributed by atoms with Gasteiger partial charge in [0.05, 0.1) is 0 Å². The molecule has 0 radical (unpaired) electrons. The Morgan fingerprint density at radius 3 is 1.96 bits per heavy atom. The minimum Gasteiger partial charge on any atom is -0.481 e. The monoisotopic (exact) mass is 346 g/mol. The SMILES string of the molecule is CC(=O)CCNC(=O)CCNC(=O)C(CC(C(=O)O)C(=O)O)NN. The van der Waals surface area contributed by atoms with Crippen LogP contribution in [0.5, 0.6) is 0 Å². The minimum atomic E-state index is -1.79. The van der Waals surface area contributed by atoms with E-state index < -0.39 is 36.2 Å². The van der Waals surface area contributed by atoms with Gasteiger partial charge in [-0.25, -0.2) is 5.43 Å². The van der Waals surface area contributed by atoms with Gasteiger partial charge in [-0.05, 0) is 13.3 Å². The number of hydrazine groups is 1. The number of Topliss-reactive ketones (excluding diaryl/α,β-unsaturated/α-hetero) is 1. The number of amides is 2. The zero-order valence-electron chi connectivity index (χ0n) is 13.2. The average Bonchev–Trinajstić information content (AvgIpc) is 2.46. The second kappa shape index (κ2) is 11.1. The molecule has 0 aliphatic rings. The molecular weight excluding hydrogens is 324 g/mol. The fraction of sp³-hybridized carbons (Fsp3) is 0.615. The Labute approximate surface area is 137 Å². The Kier molecular flexibility index (Phi) is 9.91. The van der Waals surface area contributed by atoms with E-state index in [9.17, 15) is 24.0 Å². The van der Waals surface area contributed by atoms with E-state index in [1.165, 1.54) is 6.92 Å². The summed E-state index contributed by atoms with van der Waals surface area (Å²) in [6, 6.07) is -1.23. The number of nitrogens with one attached hydrogen (secondary N) is 3. The molecule has 1 atom stereocenters. The maximum atomic E-state index is 11.8. The van der Waals surface area contributed by atoms with Crippen molar-refractivity contribution in [3.05, 3.63) is 0 Å². The van der Waals surface area contributed by atoms with Crippen LogP contribution in [0.15, 0.2) is 0 Å². The number of carbonyl (C=O) groups is 5. The van der Waals surface area contributed by atoms with Crippen molar-refractivity contribution in [2.45, 2.75) is 32.2 Å². The summed E-state index contributed by atoms with van der Waals surface area (Å²) in [6.45, 7) is 1.55. The normalized spacial score (nSPS) is 11.6. The van der Waals surface area contributed by atoms with Crippen LogP contribution in [0.3, 0.4) is 0 Å². The molecule has 0 aromatic heterocycles. The maximum absolute atomic E-state index is 11.8. The van der Waals surface area contributed by atoms with E-state index in [-0.39, 0.29) is 37.6 Å². The first-order valence-electron chi connectivity index (χ1n) is 7.14. The van der Waals surface area contributed by atoms with Crippen LogP contribution in [0.25, 0.3) is 0 Å². The molecule has 24 heavy (non-hydrogen) atoms. The summed E-state index contributed by atoms with van der Waals surface area (Å²) < 4.78 is 0. The third-order valence-electron chi connectivity index (χ3n) is 3.04. The maximum Gasteiger partial charge on any atom is 0.317 e. The van der Waals surface area contributed by atoms with Gasteiger partial charge >= 0.3 is 11.9 Å². The second-order valence-corrected chi connectivity index (χ2v) is 5.03. The van der Waals surface area contributed by atoms with Crippen molar-refractivity contribution in [3.8, 4) is 0 Å². The Bertz CT molecular complexity index is 481. The van der Waals surface area contributed by atoms with Gasteiger partial charge in [-0.3, -0.25) is 29.8 Å². The largest absolute Gasteiger partial charge is 0.481 e. The first kappa shape index (κ1) is 21.5. The van der Waals surface area contributed by atoms with E-state index in [1.54, 1.807) is 0 Å². The third kappa shape index (κ3) is 8.80. The van der Waals surface area contributed by atoms with E-state index in [0.29, 0.717) is 0 Å². The lowest BCUT2D eigenvalue weighted by Crippen LogP contribution is -2.50. The summed E-state index contributed by atoms with van der Waals surface area (Å²) in [7, 11) is 0. The summed E-state index contributed by atoms with van der Waals surface area (Å²) >= 11 is 0. The van der Waals surface area contributed by atoms with Gasteiger partial charge in [0.15, 0.2) is 5.92 Å². The molecule has 0 rings (SSSR count). The Morgan fingerprint density at radius 1 is 0.958 bits per heavy atom. The Balaban J connectivity index is 4.27. The number of hydrogen-bond donors (Lipinski definition) is 6. The topological polar surface area (TPSA) is 188 Å². The lowest BCUT2D eigenvalue weighted by atomic mass is 10.00. The van der Waals surface area contributed by atoms with Crippen molar-refractivity contribution in [2.75, 3.05) is 13.1 Å². The van der Waals surface area contributed by atoms with Crippen molar-refractivity contribution >= 4 is 29.5 Å². The molecule has 0 aromatic rings. The number of hydrogen-bond acceptors (Lipinski definition) is 7. The van der Waals surface area contributed by atoms with E-state index in [2.05, 4.69) is 16.1 Å². The van der Waals surface area contributed by atoms with Crippen molar-refractivity contribution in [3.63, 3.8) is 0 Å². The Morgan fingerprint density at radius 2 is 1.50 bits per heavy atom. The lowest BCUT2D eigenvalue weighted by Gasteiger charge is -2.17. The van der Waals surface area contributed by atoms with Crippen LogP contribution in [-0.4, -0.2) is 58.9 Å². The summed E-state index contributed by atoms with van der Waals surface area (Å²) in [4.78, 5) is 55.6. The van der Waals surface area contributed by atoms with Crippen LogP contribution in [0.1, 0.15) is 26.2 Å². The zero-order chi connectivity index (χ0) is 18.7. The molecule has 7 N–H and O–H groups in total. The highest BCUT2D eigenvalue weighted by atomic mass is 16.4. The predicted octanol–water partition coefficient (Wildman–Crippen LogP) is -2.40. The predicted molar refractivity (Wildman–Crippen MR) is 80.4 cm³/mol. The summed E-state index contributed by atoms with van der Waals surface area (Å²) in [5.74, 6) is -0.968. The molecule has 0 aliphatic heterocycles. The van der Waals surface area contributed by atoms with Crippen LogP contribution in [0.4, 0.5) is 0 Å². The molecule has 11 heteroatoms. The Hall–Kier alpha value is -2.53. The summed E-state index contributed by atoms with van der Waals surface area (Å²) in [5.41, 5.74) is 2.05. The fourth-order valence-corrected chi connectivity index (χ4v) is 1.68. The van der Waals surface area contributed by atoms with E-state index >= 15 is 0 Å². The van der Waals surface area contributed by atoms with Crippen molar-refractivity contribution in [2.24, 2.45) is 11.8 Å². The fourth-order valence-electron chi connectivity index (χ4n) is 1.68. The molecule has 136 valence electrons. The lowest BCUT2D eigenvalue weighted by molar-refractivity contribution is -0.155. The van der Waals surface area contributed by atoms with Gasteiger partial charge in [0.1, 0.15) is 11.8 Å². The molecule has 11 nitrogen and oxygen atoms in total. The van der Waals surface area contributed by atoms with Crippen molar-refractivity contribution < 1.29 is 34.2 Å². The van der Waals surface area contributed by atoms with Crippen molar-refractivity contribution in [1.29, 1.82) is 0 Å². The number of rotatable bonds is 12. The number of nitrogens with two attached hydrogens (primary N) is 1. The quantitative estimate of drug-likeness (QED) is 0.127. The van der Waals surface area contributed by atoms with Crippen molar-refractivity contribution in [1.82, 2.24) is 16.1 Å². The van der Waals surface area contributed by atoms with Crippen LogP contribution >= 0.6 is 0 Å². The highest BCUT2D eigenvalue weighted by molar-refractivity contribution is 5.94. The summed E-state index contributed by atoms with van der Waals surface area (Å²) in [6.07, 6.45) is -0.386. The molecule has 0 spiro atoms. The van der Waals surface area contributed by atoms with Crippen LogP contribution in [0, 0.1) is 5.92 Å². The molecule has 0 saturated carbocycles. The van der Waals surface area contributed by atoms with Gasteiger partial charge in [-0.1, -0.05) is 0 Å². The smallest absolute Gasteiger partial charge is 0.317 e. The molecule has 0 saturated heterocycles. The summed E-state index contributed by atoms with van der Waals surface area (Å²) in [5, 5.41) is 22.4. The van der Waals surface area contributed by atoms with Crippen LogP contribution < -0.4 is 21.9 Å². The number of aliphatic carboxylic acids is 2. The molecule has 0 bridgehead atoms. The molecule has 1 unspecified atom stereocenters. The van der Waals surface area contributed by atoms with Gasteiger partial charge in [0, 0.05) is 25.9 Å². The standard InChI is InChI=1S/C13H22N4O7/c1-7(18)2-4-15-10(19)3-5-16-11(20)9(17-14)6-8(12(21)22)13(23)24/h8-9,17H,2-6,14H2,1H3,(H,15,19)(H,16,20)(H,21,22)(H,23,24). The third-order valence-corrected chi connectivity index (χ3v) is 3.04. The number of ketones is 1. The van der Waals surface area contributed by atoms with Gasteiger partial charge in [-0.15, -0.1) is 0 Å². The minimum absolute atomic E-state index is 0.0479. The van der Waals surface area contributed by atoms with Gasteiger partial charge in [0.2, 0.25) is 11.8 Å². The molecule has 0 fully saturated rings. The van der Waals surface area contributed by atoms with Gasteiger partial charge < -0.3 is 20.8 Å². The average molecular weight is 346 g/mol. The van der Waals surface area contributed by atoms with Crippen LogP contribution in [0.2, 0.25) is 0 Å². The van der Waals surface area contributed by atoms with E-state index in [0.717, 1.165) is 0 Å². The first-order chi connectivity index (χ1) is 11.2. The molecule has 2 amide bonds. The molecule has 0 aromatic carbocycles. The first-order valence-corrected chi connectivity index (χ1v) is 7.14. The number of carbonyl (C=O) groups excluding carboxylic acids is 3. The highest BCUT2D eigenvalue weighted by Gasteiger charge is 2.31. The molecule has 0 heterocycles. The number of carboxylic acid groups (broad SMARTS) is 2. The van der Waals surface area contributed by atoms with Crippen LogP contribution in [-0.2, 0) is 24.0 Å². The van der Waals surface area contributed by atoms with Gasteiger partial charge in [0.25, 0.3) is 0 Å². The molecule has 0 aliphatic carbocycles. The molecular formula is C13H22N4O7. The highest BCUT2D eigenvalue weighted by Crippen LogP contribution is 2.07. The number of carboxylic acids is 2. The van der Waals surface area contributed by atoms with E-state index in [1.807, 2.05) is 0 Å². The van der Waals surface area contributed by atoms with Gasteiger partial charge in [-0.2, -0.15) is 0 Å². The van der Waals surface area contributed by atoms with E-state index in [4.69, 9.17) is 16.1 Å². The zero-order valence-corrected chi connectivity index (χ0v) is 13.2.